The molecule has 9 heteroatoms. The molecule has 0 aliphatic carbocycles. The molecule has 35 heavy (non-hydrogen) atoms. The minimum atomic E-state index is -1.26. The van der Waals surface area contributed by atoms with Crippen molar-refractivity contribution in [2.45, 2.75) is 33.4 Å². The molecule has 186 valence electrons. The minimum absolute atomic E-state index is 0.0241. The number of aliphatic carboxylic acids is 2. The molecule has 2 N–H and O–H groups in total. The van der Waals surface area contributed by atoms with Gasteiger partial charge in [0.2, 0.25) is 0 Å². The van der Waals surface area contributed by atoms with E-state index in [4.69, 9.17) is 14.9 Å². The van der Waals surface area contributed by atoms with Crippen molar-refractivity contribution in [1.29, 1.82) is 0 Å². The Hall–Kier alpha value is -3.98. The van der Waals surface area contributed by atoms with E-state index in [1.165, 1.54) is 0 Å². The van der Waals surface area contributed by atoms with Crippen molar-refractivity contribution in [3.8, 4) is 5.75 Å². The monoisotopic (exact) mass is 481 g/mol. The molecule has 0 bridgehead atoms. The minimum Gasteiger partial charge on any atom is -0.497 e. The molecule has 0 radical (unpaired) electrons. The molecule has 0 saturated carbocycles. The summed E-state index contributed by atoms with van der Waals surface area (Å²) in [5.41, 5.74) is 3.31. The fourth-order valence-corrected chi connectivity index (χ4v) is 3.68. The van der Waals surface area contributed by atoms with Gasteiger partial charge in [0.25, 0.3) is 5.56 Å². The molecule has 1 atom stereocenters. The summed E-state index contributed by atoms with van der Waals surface area (Å²) in [5, 5.41) is 15.6. The fourth-order valence-electron chi connectivity index (χ4n) is 3.68. The third-order valence-electron chi connectivity index (χ3n) is 5.48. The number of carboxylic acid groups (broad SMARTS) is 2. The van der Waals surface area contributed by atoms with Crippen LogP contribution in [0.4, 0.5) is 0 Å². The molecule has 0 aliphatic heterocycles. The van der Waals surface area contributed by atoms with Crippen molar-refractivity contribution in [2.24, 2.45) is 0 Å². The topological polar surface area (TPSA) is 122 Å². The molecule has 3 aromatic rings. The smallest absolute Gasteiger partial charge is 0.328 e. The van der Waals surface area contributed by atoms with Crippen LogP contribution in [-0.4, -0.2) is 56.8 Å². The van der Waals surface area contributed by atoms with E-state index in [9.17, 15) is 14.4 Å². The second-order valence-corrected chi connectivity index (χ2v) is 7.61. The second kappa shape index (κ2) is 13.0. The molecule has 0 saturated heterocycles. The van der Waals surface area contributed by atoms with Crippen LogP contribution in [0.5, 0.6) is 5.75 Å². The number of rotatable bonds is 9. The molecule has 0 spiro atoms. The zero-order valence-corrected chi connectivity index (χ0v) is 20.3. The van der Waals surface area contributed by atoms with Gasteiger partial charge in [0.15, 0.2) is 0 Å². The van der Waals surface area contributed by atoms with E-state index in [0.717, 1.165) is 35.4 Å². The third-order valence-corrected chi connectivity index (χ3v) is 5.48. The number of hydrogen-bond donors (Lipinski definition) is 2. The zero-order valence-electron chi connectivity index (χ0n) is 20.3. The molecule has 1 heterocycles. The lowest BCUT2D eigenvalue weighted by Crippen LogP contribution is -2.38. The molecular formula is C26H31N3O6. The van der Waals surface area contributed by atoms with Gasteiger partial charge in [-0.3, -0.25) is 14.3 Å². The first-order chi connectivity index (χ1) is 16.7. The van der Waals surface area contributed by atoms with Gasteiger partial charge in [0, 0.05) is 18.6 Å². The second-order valence-electron chi connectivity index (χ2n) is 7.61. The molecule has 0 amide bonds. The van der Waals surface area contributed by atoms with Crippen LogP contribution < -0.4 is 10.3 Å². The normalized spacial score (nSPS) is 11.8. The maximum absolute atomic E-state index is 13.3. The lowest BCUT2D eigenvalue weighted by molar-refractivity contribution is -0.134. The summed E-state index contributed by atoms with van der Waals surface area (Å²) in [6.07, 6.45) is 1.58. The molecule has 1 aromatic heterocycles. The van der Waals surface area contributed by atoms with Gasteiger partial charge in [-0.25, -0.2) is 14.6 Å². The van der Waals surface area contributed by atoms with E-state index in [2.05, 4.69) is 30.7 Å². The Bertz CT molecular complexity index is 1210. The Morgan fingerprint density at radius 1 is 1.03 bits per heavy atom. The van der Waals surface area contributed by atoms with E-state index in [0.29, 0.717) is 24.3 Å². The summed E-state index contributed by atoms with van der Waals surface area (Å²) >= 11 is 0. The number of aromatic nitrogens is 2. The van der Waals surface area contributed by atoms with Crippen LogP contribution in [0, 0.1) is 0 Å². The standard InChI is InChI=1S/C22H27N3O2.C4H4O4/c1-5-24(6-2)16(3)25-21-10-8-7-9-19(21)23-20(22(25)26)15-17-11-13-18(27-4)14-12-17;5-3(6)1-2-4(7)8/h7-14,16H,5-6,15H2,1-4H3;1-2H,(H,5,6)(H,7,8). The van der Waals surface area contributed by atoms with Crippen LogP contribution in [0.3, 0.4) is 0 Å². The predicted octanol–water partition coefficient (Wildman–Crippen LogP) is 3.57. The predicted molar refractivity (Wildman–Crippen MR) is 134 cm³/mol. The highest BCUT2D eigenvalue weighted by molar-refractivity contribution is 5.89. The molecule has 3 rings (SSSR count). The van der Waals surface area contributed by atoms with Gasteiger partial charge in [-0.15, -0.1) is 0 Å². The largest absolute Gasteiger partial charge is 0.497 e. The summed E-state index contributed by atoms with van der Waals surface area (Å²) in [5.74, 6) is -1.71. The van der Waals surface area contributed by atoms with E-state index >= 15 is 0 Å². The van der Waals surface area contributed by atoms with Crippen LogP contribution in [-0.2, 0) is 16.0 Å². The first-order valence-electron chi connectivity index (χ1n) is 11.2. The van der Waals surface area contributed by atoms with Gasteiger partial charge in [-0.1, -0.05) is 38.1 Å². The highest BCUT2D eigenvalue weighted by Gasteiger charge is 2.19. The summed E-state index contributed by atoms with van der Waals surface area (Å²) in [7, 11) is 1.65. The van der Waals surface area contributed by atoms with Crippen LogP contribution in [0.2, 0.25) is 0 Å². The van der Waals surface area contributed by atoms with Gasteiger partial charge in [0.1, 0.15) is 11.4 Å². The van der Waals surface area contributed by atoms with Gasteiger partial charge in [-0.2, -0.15) is 0 Å². The number of hydrogen-bond acceptors (Lipinski definition) is 6. The van der Waals surface area contributed by atoms with Gasteiger partial charge < -0.3 is 14.9 Å². The summed E-state index contributed by atoms with van der Waals surface area (Å²) in [4.78, 5) is 39.4. The van der Waals surface area contributed by atoms with Crippen molar-refractivity contribution < 1.29 is 24.5 Å². The van der Waals surface area contributed by atoms with E-state index in [1.807, 2.05) is 53.1 Å². The highest BCUT2D eigenvalue weighted by atomic mass is 16.5. The van der Waals surface area contributed by atoms with E-state index < -0.39 is 11.9 Å². The van der Waals surface area contributed by atoms with Crippen molar-refractivity contribution in [3.05, 3.63) is 82.3 Å². The molecular weight excluding hydrogens is 450 g/mol. The Kier molecular flexibility index (Phi) is 10.2. The molecule has 1 unspecified atom stereocenters. The average molecular weight is 482 g/mol. The van der Waals surface area contributed by atoms with Gasteiger partial charge in [-0.05, 0) is 49.8 Å². The Morgan fingerprint density at radius 3 is 2.11 bits per heavy atom. The Morgan fingerprint density at radius 2 is 1.60 bits per heavy atom. The number of methoxy groups -OCH3 is 1. The van der Waals surface area contributed by atoms with Crippen molar-refractivity contribution in [1.82, 2.24) is 14.5 Å². The van der Waals surface area contributed by atoms with Crippen LogP contribution in [0.1, 0.15) is 38.2 Å². The number of fused-ring (bicyclic) bond motifs is 1. The number of nitrogens with zero attached hydrogens (tertiary/aromatic N) is 3. The van der Waals surface area contributed by atoms with Crippen molar-refractivity contribution in [2.75, 3.05) is 20.2 Å². The molecule has 9 nitrogen and oxygen atoms in total. The number of benzene rings is 2. The zero-order chi connectivity index (χ0) is 26.0. The maximum Gasteiger partial charge on any atom is 0.328 e. The van der Waals surface area contributed by atoms with Gasteiger partial charge in [0.05, 0.1) is 24.3 Å². The molecule has 2 aromatic carbocycles. The van der Waals surface area contributed by atoms with Crippen LogP contribution >= 0.6 is 0 Å². The summed E-state index contributed by atoms with van der Waals surface area (Å²) < 4.78 is 7.10. The Labute approximate surface area is 203 Å². The first-order valence-corrected chi connectivity index (χ1v) is 11.2. The summed E-state index contributed by atoms with van der Waals surface area (Å²) in [6, 6.07) is 15.6. The molecule has 0 aliphatic rings. The van der Waals surface area contributed by atoms with Gasteiger partial charge >= 0.3 is 11.9 Å². The number of carboxylic acids is 2. The van der Waals surface area contributed by atoms with E-state index in [-0.39, 0.29) is 11.7 Å². The average Bonchev–Trinajstić information content (AvgIpc) is 2.85. The first kappa shape index (κ1) is 27.3. The third kappa shape index (κ3) is 7.51. The highest BCUT2D eigenvalue weighted by Crippen LogP contribution is 2.19. The SMILES string of the molecule is CCN(CC)C(C)n1c(=O)c(Cc2ccc(OC)cc2)nc2ccccc21.O=C(O)C=CC(=O)O. The Balaban J connectivity index is 0.000000466. The number of carbonyl (C=O) groups is 2. The van der Waals surface area contributed by atoms with E-state index in [1.54, 1.807) is 7.11 Å². The van der Waals surface area contributed by atoms with Crippen LogP contribution in [0.25, 0.3) is 11.0 Å². The lowest BCUT2D eigenvalue weighted by atomic mass is 10.1. The summed E-state index contributed by atoms with van der Waals surface area (Å²) in [6.45, 7) is 8.08. The van der Waals surface area contributed by atoms with Crippen LogP contribution in [0.15, 0.2) is 65.5 Å². The maximum atomic E-state index is 13.3. The lowest BCUT2D eigenvalue weighted by Gasteiger charge is -2.29. The number of ether oxygens (including phenoxy) is 1. The number of para-hydroxylation sites is 2. The quantitative estimate of drug-likeness (QED) is 0.445. The van der Waals surface area contributed by atoms with Crippen molar-refractivity contribution in [3.63, 3.8) is 0 Å². The molecule has 0 fully saturated rings. The van der Waals surface area contributed by atoms with Crippen molar-refractivity contribution >= 4 is 23.0 Å². The fraction of sp³-hybridized carbons (Fsp3) is 0.308.